The molecule has 2 heteroatoms. The van der Waals surface area contributed by atoms with Gasteiger partial charge in [-0.15, -0.1) is 0 Å². The third-order valence-corrected chi connectivity index (χ3v) is 3.29. The standard InChI is InChI=1S/C10H21NO/c1-2-3-5-9(12)10(8-11)6-4-7-10/h9,12H,2-8,11H2,1H3. The summed E-state index contributed by atoms with van der Waals surface area (Å²) < 4.78 is 0. The second-order valence-corrected chi connectivity index (χ2v) is 4.08. The number of nitrogens with two attached hydrogens (primary N) is 1. The first-order valence-electron chi connectivity index (χ1n) is 5.13. The Hall–Kier alpha value is -0.0800. The molecular weight excluding hydrogens is 150 g/mol. The molecule has 0 heterocycles. The van der Waals surface area contributed by atoms with Crippen molar-refractivity contribution in [2.45, 2.75) is 51.6 Å². The van der Waals surface area contributed by atoms with E-state index in [1.165, 1.54) is 6.42 Å². The molecule has 1 fully saturated rings. The summed E-state index contributed by atoms with van der Waals surface area (Å²) in [5.41, 5.74) is 5.79. The molecule has 72 valence electrons. The van der Waals surface area contributed by atoms with Gasteiger partial charge in [0.15, 0.2) is 0 Å². The fraction of sp³-hybridized carbons (Fsp3) is 1.00. The smallest absolute Gasteiger partial charge is 0.0608 e. The Balaban J connectivity index is 2.32. The van der Waals surface area contributed by atoms with Crippen molar-refractivity contribution < 1.29 is 5.11 Å². The van der Waals surface area contributed by atoms with E-state index in [1.807, 2.05) is 0 Å². The topological polar surface area (TPSA) is 46.2 Å². The molecule has 1 saturated carbocycles. The average Bonchev–Trinajstić information content (AvgIpc) is 2.00. The summed E-state index contributed by atoms with van der Waals surface area (Å²) in [6, 6.07) is 0. The molecule has 0 bridgehead atoms. The van der Waals surface area contributed by atoms with Crippen molar-refractivity contribution in [3.63, 3.8) is 0 Å². The van der Waals surface area contributed by atoms with Gasteiger partial charge in [-0.2, -0.15) is 0 Å². The lowest BCUT2D eigenvalue weighted by Gasteiger charge is -2.44. The maximum absolute atomic E-state index is 9.87. The van der Waals surface area contributed by atoms with Crippen molar-refractivity contribution >= 4 is 0 Å². The van der Waals surface area contributed by atoms with Crippen molar-refractivity contribution in [3.8, 4) is 0 Å². The summed E-state index contributed by atoms with van der Waals surface area (Å²) in [5, 5.41) is 9.87. The quantitative estimate of drug-likeness (QED) is 0.661. The third-order valence-electron chi connectivity index (χ3n) is 3.29. The van der Waals surface area contributed by atoms with Gasteiger partial charge in [0.25, 0.3) is 0 Å². The van der Waals surface area contributed by atoms with Crippen LogP contribution >= 0.6 is 0 Å². The zero-order chi connectivity index (χ0) is 9.03. The summed E-state index contributed by atoms with van der Waals surface area (Å²) in [6.07, 6.45) is 6.61. The van der Waals surface area contributed by atoms with Crippen LogP contribution in [0.4, 0.5) is 0 Å². The Morgan fingerprint density at radius 1 is 1.50 bits per heavy atom. The molecule has 1 aliphatic carbocycles. The lowest BCUT2D eigenvalue weighted by atomic mass is 9.64. The van der Waals surface area contributed by atoms with Crippen LogP contribution in [0.1, 0.15) is 45.4 Å². The van der Waals surface area contributed by atoms with Crippen molar-refractivity contribution in [1.82, 2.24) is 0 Å². The molecule has 0 amide bonds. The van der Waals surface area contributed by atoms with Gasteiger partial charge < -0.3 is 10.8 Å². The molecule has 1 rings (SSSR count). The summed E-state index contributed by atoms with van der Waals surface area (Å²) in [4.78, 5) is 0. The van der Waals surface area contributed by atoms with E-state index in [0.717, 1.165) is 32.1 Å². The van der Waals surface area contributed by atoms with Crippen LogP contribution < -0.4 is 5.73 Å². The molecule has 3 N–H and O–H groups in total. The van der Waals surface area contributed by atoms with Crippen LogP contribution in [0, 0.1) is 5.41 Å². The number of hydrogen-bond acceptors (Lipinski definition) is 2. The van der Waals surface area contributed by atoms with Crippen molar-refractivity contribution in [2.75, 3.05) is 6.54 Å². The molecule has 0 aliphatic heterocycles. The molecular formula is C10H21NO. The van der Waals surface area contributed by atoms with E-state index in [-0.39, 0.29) is 11.5 Å². The van der Waals surface area contributed by atoms with E-state index < -0.39 is 0 Å². The fourth-order valence-electron chi connectivity index (χ4n) is 2.01. The second kappa shape index (κ2) is 4.24. The van der Waals surface area contributed by atoms with E-state index in [0.29, 0.717) is 6.54 Å². The van der Waals surface area contributed by atoms with Crippen molar-refractivity contribution in [3.05, 3.63) is 0 Å². The summed E-state index contributed by atoms with van der Waals surface area (Å²) in [7, 11) is 0. The van der Waals surface area contributed by atoms with E-state index in [9.17, 15) is 5.11 Å². The Labute approximate surface area is 75.2 Å². The normalized spacial score (nSPS) is 23.2. The summed E-state index contributed by atoms with van der Waals surface area (Å²) in [5.74, 6) is 0. The van der Waals surface area contributed by atoms with Crippen LogP contribution in [0.25, 0.3) is 0 Å². The molecule has 1 atom stereocenters. The number of rotatable bonds is 5. The minimum absolute atomic E-state index is 0.106. The highest BCUT2D eigenvalue weighted by Crippen LogP contribution is 2.44. The molecule has 12 heavy (non-hydrogen) atoms. The van der Waals surface area contributed by atoms with Crippen LogP contribution in [0.5, 0.6) is 0 Å². The zero-order valence-corrected chi connectivity index (χ0v) is 8.05. The van der Waals surface area contributed by atoms with Crippen LogP contribution in [-0.2, 0) is 0 Å². The maximum Gasteiger partial charge on any atom is 0.0608 e. The molecule has 0 spiro atoms. The highest BCUT2D eigenvalue weighted by molar-refractivity contribution is 4.94. The Morgan fingerprint density at radius 2 is 2.17 bits per heavy atom. The van der Waals surface area contributed by atoms with Gasteiger partial charge in [0, 0.05) is 12.0 Å². The largest absolute Gasteiger partial charge is 0.393 e. The van der Waals surface area contributed by atoms with Gasteiger partial charge in [-0.25, -0.2) is 0 Å². The first-order valence-corrected chi connectivity index (χ1v) is 5.13. The maximum atomic E-state index is 9.87. The molecule has 1 aliphatic rings. The summed E-state index contributed by atoms with van der Waals surface area (Å²) in [6.45, 7) is 2.82. The lowest BCUT2D eigenvalue weighted by molar-refractivity contribution is -0.0330. The highest BCUT2D eigenvalue weighted by Gasteiger charge is 2.41. The first kappa shape index (κ1) is 10.0. The number of aliphatic hydroxyl groups is 1. The zero-order valence-electron chi connectivity index (χ0n) is 8.05. The number of aliphatic hydroxyl groups excluding tert-OH is 1. The monoisotopic (exact) mass is 171 g/mol. The van der Waals surface area contributed by atoms with Crippen LogP contribution in [0.3, 0.4) is 0 Å². The molecule has 2 nitrogen and oxygen atoms in total. The van der Waals surface area contributed by atoms with Gasteiger partial charge in [-0.05, 0) is 19.3 Å². The third kappa shape index (κ3) is 1.80. The lowest BCUT2D eigenvalue weighted by Crippen LogP contribution is -2.47. The first-order chi connectivity index (χ1) is 5.75. The van der Waals surface area contributed by atoms with Crippen molar-refractivity contribution in [1.29, 1.82) is 0 Å². The van der Waals surface area contributed by atoms with E-state index in [1.54, 1.807) is 0 Å². The van der Waals surface area contributed by atoms with Crippen LogP contribution in [-0.4, -0.2) is 17.8 Å². The fourth-order valence-corrected chi connectivity index (χ4v) is 2.01. The minimum atomic E-state index is -0.142. The van der Waals surface area contributed by atoms with Gasteiger partial charge in [-0.1, -0.05) is 26.2 Å². The van der Waals surface area contributed by atoms with E-state index in [4.69, 9.17) is 5.73 Å². The van der Waals surface area contributed by atoms with Gasteiger partial charge >= 0.3 is 0 Å². The SMILES string of the molecule is CCCCC(O)C1(CN)CCC1. The van der Waals surface area contributed by atoms with Crippen molar-refractivity contribution in [2.24, 2.45) is 11.1 Å². The van der Waals surface area contributed by atoms with Crippen LogP contribution in [0.2, 0.25) is 0 Å². The second-order valence-electron chi connectivity index (χ2n) is 4.08. The van der Waals surface area contributed by atoms with Crippen LogP contribution in [0.15, 0.2) is 0 Å². The van der Waals surface area contributed by atoms with Gasteiger partial charge in [-0.3, -0.25) is 0 Å². The Kier molecular flexibility index (Phi) is 3.53. The summed E-state index contributed by atoms with van der Waals surface area (Å²) >= 11 is 0. The molecule has 0 aromatic carbocycles. The minimum Gasteiger partial charge on any atom is -0.393 e. The Morgan fingerprint density at radius 3 is 2.50 bits per heavy atom. The number of hydrogen-bond donors (Lipinski definition) is 2. The van der Waals surface area contributed by atoms with Gasteiger partial charge in [0.1, 0.15) is 0 Å². The molecule has 1 unspecified atom stereocenters. The predicted octanol–water partition coefficient (Wildman–Crippen LogP) is 1.67. The molecule has 0 saturated heterocycles. The molecule has 0 aromatic rings. The van der Waals surface area contributed by atoms with E-state index in [2.05, 4.69) is 6.92 Å². The van der Waals surface area contributed by atoms with Gasteiger partial charge in [0.05, 0.1) is 6.10 Å². The van der Waals surface area contributed by atoms with E-state index >= 15 is 0 Å². The molecule has 0 radical (unpaired) electrons. The predicted molar refractivity (Wildman–Crippen MR) is 50.9 cm³/mol. The average molecular weight is 171 g/mol. The Bertz CT molecular complexity index is 126. The number of unbranched alkanes of at least 4 members (excludes halogenated alkanes) is 1. The molecule has 0 aromatic heterocycles. The highest BCUT2D eigenvalue weighted by atomic mass is 16.3. The van der Waals surface area contributed by atoms with Gasteiger partial charge in [0.2, 0.25) is 0 Å².